The molecule has 62 valence electrons. The maximum absolute atomic E-state index is 2.38. The third-order valence-corrected chi connectivity index (χ3v) is 2.60. The van der Waals surface area contributed by atoms with Crippen molar-refractivity contribution in [1.82, 2.24) is 0 Å². The Morgan fingerprint density at radius 2 is 1.80 bits per heavy atom. The molecule has 0 saturated heterocycles. The standard InChI is InChI=1S/C8H16.C2H6/c1-3-7(2)8-5-4-6-8;1-2/h7-8H,3-6H2,1-2H3;1-2H3/t7-;/m1./s1. The van der Waals surface area contributed by atoms with Crippen LogP contribution in [0.4, 0.5) is 0 Å². The summed E-state index contributed by atoms with van der Waals surface area (Å²) in [6, 6.07) is 0. The summed E-state index contributed by atoms with van der Waals surface area (Å²) >= 11 is 0. The van der Waals surface area contributed by atoms with E-state index in [1.54, 1.807) is 0 Å². The van der Waals surface area contributed by atoms with Crippen LogP contribution in [-0.2, 0) is 0 Å². The summed E-state index contributed by atoms with van der Waals surface area (Å²) in [6.45, 7) is 8.67. The van der Waals surface area contributed by atoms with Crippen LogP contribution in [0.15, 0.2) is 0 Å². The second-order valence-electron chi connectivity index (χ2n) is 3.08. The Morgan fingerprint density at radius 1 is 1.30 bits per heavy atom. The van der Waals surface area contributed by atoms with Crippen molar-refractivity contribution in [1.29, 1.82) is 0 Å². The molecule has 0 aliphatic heterocycles. The topological polar surface area (TPSA) is 0 Å². The molecule has 1 aliphatic rings. The van der Waals surface area contributed by atoms with E-state index in [4.69, 9.17) is 0 Å². The van der Waals surface area contributed by atoms with Crippen molar-refractivity contribution in [3.63, 3.8) is 0 Å². The van der Waals surface area contributed by atoms with E-state index in [1.165, 1.54) is 25.7 Å². The highest BCUT2D eigenvalue weighted by atomic mass is 14.3. The Hall–Kier alpha value is 0. The van der Waals surface area contributed by atoms with E-state index in [0.29, 0.717) is 0 Å². The van der Waals surface area contributed by atoms with Gasteiger partial charge in [0.2, 0.25) is 0 Å². The lowest BCUT2D eigenvalue weighted by atomic mass is 9.76. The lowest BCUT2D eigenvalue weighted by Crippen LogP contribution is -2.18. The van der Waals surface area contributed by atoms with Crippen molar-refractivity contribution in [2.45, 2.75) is 53.4 Å². The molecule has 0 spiro atoms. The van der Waals surface area contributed by atoms with Crippen LogP contribution in [0.25, 0.3) is 0 Å². The van der Waals surface area contributed by atoms with E-state index in [1.807, 2.05) is 13.8 Å². The second-order valence-corrected chi connectivity index (χ2v) is 3.08. The maximum atomic E-state index is 2.38. The van der Waals surface area contributed by atoms with Crippen LogP contribution in [0.1, 0.15) is 53.4 Å². The van der Waals surface area contributed by atoms with Gasteiger partial charge in [0.15, 0.2) is 0 Å². The molecule has 1 atom stereocenters. The van der Waals surface area contributed by atoms with Gasteiger partial charge in [0, 0.05) is 0 Å². The summed E-state index contributed by atoms with van der Waals surface area (Å²) in [7, 11) is 0. The van der Waals surface area contributed by atoms with Crippen molar-refractivity contribution >= 4 is 0 Å². The van der Waals surface area contributed by atoms with Crippen molar-refractivity contribution in [3.05, 3.63) is 0 Å². The van der Waals surface area contributed by atoms with E-state index >= 15 is 0 Å². The fourth-order valence-electron chi connectivity index (χ4n) is 1.34. The van der Waals surface area contributed by atoms with Gasteiger partial charge in [0.25, 0.3) is 0 Å². The summed E-state index contributed by atoms with van der Waals surface area (Å²) < 4.78 is 0. The number of hydrogen-bond donors (Lipinski definition) is 0. The van der Waals surface area contributed by atoms with Crippen molar-refractivity contribution in [2.75, 3.05) is 0 Å². The predicted molar refractivity (Wildman–Crippen MR) is 48.1 cm³/mol. The van der Waals surface area contributed by atoms with Gasteiger partial charge in [-0.2, -0.15) is 0 Å². The third kappa shape index (κ3) is 2.72. The molecule has 0 aromatic heterocycles. The summed E-state index contributed by atoms with van der Waals surface area (Å²) in [5, 5.41) is 0. The van der Waals surface area contributed by atoms with Crippen LogP contribution in [0.2, 0.25) is 0 Å². The highest BCUT2D eigenvalue weighted by Gasteiger charge is 2.21. The van der Waals surface area contributed by atoms with E-state index in [9.17, 15) is 0 Å². The molecule has 1 saturated carbocycles. The van der Waals surface area contributed by atoms with Crippen LogP contribution in [0.5, 0.6) is 0 Å². The Labute approximate surface area is 66.0 Å². The van der Waals surface area contributed by atoms with Gasteiger partial charge in [-0.25, -0.2) is 0 Å². The fourth-order valence-corrected chi connectivity index (χ4v) is 1.34. The Morgan fingerprint density at radius 3 is 1.90 bits per heavy atom. The molecule has 10 heavy (non-hydrogen) atoms. The zero-order chi connectivity index (χ0) is 7.98. The van der Waals surface area contributed by atoms with Gasteiger partial charge in [-0.1, -0.05) is 53.4 Å². The van der Waals surface area contributed by atoms with Gasteiger partial charge in [-0.05, 0) is 11.8 Å². The van der Waals surface area contributed by atoms with E-state index in [2.05, 4.69) is 13.8 Å². The van der Waals surface area contributed by atoms with Crippen LogP contribution >= 0.6 is 0 Å². The molecule has 0 aromatic rings. The average molecular weight is 142 g/mol. The van der Waals surface area contributed by atoms with E-state index in [-0.39, 0.29) is 0 Å². The number of hydrogen-bond acceptors (Lipinski definition) is 0. The molecule has 1 rings (SSSR count). The zero-order valence-electron chi connectivity index (χ0n) is 7.98. The van der Waals surface area contributed by atoms with Gasteiger partial charge >= 0.3 is 0 Å². The third-order valence-electron chi connectivity index (χ3n) is 2.60. The van der Waals surface area contributed by atoms with Gasteiger partial charge < -0.3 is 0 Å². The minimum Gasteiger partial charge on any atom is -0.0683 e. The molecule has 1 aliphatic carbocycles. The van der Waals surface area contributed by atoms with Crippen LogP contribution in [-0.4, -0.2) is 0 Å². The molecule has 0 nitrogen and oxygen atoms in total. The molecular formula is C10H22. The second kappa shape index (κ2) is 5.76. The lowest BCUT2D eigenvalue weighted by molar-refractivity contribution is 0.215. The average Bonchev–Trinajstić information content (AvgIpc) is 1.89. The smallest absolute Gasteiger partial charge is 0.0389 e. The normalized spacial score (nSPS) is 20.4. The first-order chi connectivity index (χ1) is 4.84. The van der Waals surface area contributed by atoms with Crippen molar-refractivity contribution in [3.8, 4) is 0 Å². The fraction of sp³-hybridized carbons (Fsp3) is 1.00. The molecule has 0 N–H and O–H groups in total. The summed E-state index contributed by atoms with van der Waals surface area (Å²) in [5.41, 5.74) is 0. The molecule has 1 fully saturated rings. The highest BCUT2D eigenvalue weighted by Crippen LogP contribution is 2.34. The van der Waals surface area contributed by atoms with Crippen LogP contribution in [0.3, 0.4) is 0 Å². The minimum atomic E-state index is 1.00. The van der Waals surface area contributed by atoms with E-state index < -0.39 is 0 Å². The molecular weight excluding hydrogens is 120 g/mol. The molecule has 0 heteroatoms. The van der Waals surface area contributed by atoms with Gasteiger partial charge in [-0.15, -0.1) is 0 Å². The van der Waals surface area contributed by atoms with Crippen molar-refractivity contribution in [2.24, 2.45) is 11.8 Å². The largest absolute Gasteiger partial charge is 0.0683 e. The Bertz CT molecular complexity index is 59.7. The Kier molecular flexibility index (Phi) is 5.76. The first kappa shape index (κ1) is 10.0. The van der Waals surface area contributed by atoms with E-state index in [0.717, 1.165) is 11.8 Å². The highest BCUT2D eigenvalue weighted by molar-refractivity contribution is 4.73. The van der Waals surface area contributed by atoms with Crippen LogP contribution < -0.4 is 0 Å². The molecule has 0 heterocycles. The predicted octanol–water partition coefficient (Wildman–Crippen LogP) is 3.86. The quantitative estimate of drug-likeness (QED) is 0.549. The summed E-state index contributed by atoms with van der Waals surface area (Å²) in [5.74, 6) is 2.10. The SMILES string of the molecule is CC.CC[C@@H](C)C1CCC1. The minimum absolute atomic E-state index is 1.00. The molecule has 0 bridgehead atoms. The molecule has 0 aromatic carbocycles. The van der Waals surface area contributed by atoms with Crippen LogP contribution in [0, 0.1) is 11.8 Å². The molecule has 0 amide bonds. The first-order valence-electron chi connectivity index (χ1n) is 4.84. The van der Waals surface area contributed by atoms with Gasteiger partial charge in [-0.3, -0.25) is 0 Å². The molecule has 0 unspecified atom stereocenters. The summed E-state index contributed by atoms with van der Waals surface area (Å²) in [6.07, 6.45) is 5.89. The monoisotopic (exact) mass is 142 g/mol. The lowest BCUT2D eigenvalue weighted by Gasteiger charge is -2.30. The summed E-state index contributed by atoms with van der Waals surface area (Å²) in [4.78, 5) is 0. The Balaban J connectivity index is 0.000000371. The number of rotatable bonds is 2. The first-order valence-corrected chi connectivity index (χ1v) is 4.84. The van der Waals surface area contributed by atoms with Gasteiger partial charge in [0.05, 0.1) is 0 Å². The zero-order valence-corrected chi connectivity index (χ0v) is 7.98. The maximum Gasteiger partial charge on any atom is -0.0389 e. The van der Waals surface area contributed by atoms with Crippen molar-refractivity contribution < 1.29 is 0 Å². The molecule has 0 radical (unpaired) electrons. The van der Waals surface area contributed by atoms with Gasteiger partial charge in [0.1, 0.15) is 0 Å².